The van der Waals surface area contributed by atoms with E-state index in [9.17, 15) is 0 Å². The normalized spacial score (nSPS) is 14.2. The van der Waals surface area contributed by atoms with E-state index in [0.717, 1.165) is 29.9 Å². The van der Waals surface area contributed by atoms with Crippen LogP contribution in [0, 0.1) is 0 Å². The molecule has 2 aliphatic rings. The summed E-state index contributed by atoms with van der Waals surface area (Å²) in [5, 5.41) is 5.07. The van der Waals surface area contributed by atoms with Crippen LogP contribution in [0.3, 0.4) is 0 Å². The molecular weight excluding hydrogens is 687 g/mol. The number of benzene rings is 9. The predicted molar refractivity (Wildman–Crippen MR) is 240 cm³/mol. The molecule has 0 aromatic heterocycles. The Morgan fingerprint density at radius 3 is 1.54 bits per heavy atom. The first-order valence-electron chi connectivity index (χ1n) is 20.5. The van der Waals surface area contributed by atoms with E-state index in [-0.39, 0.29) is 5.41 Å². The standard InChI is InChI=1S/C56H43N/c1-3-55(4-2)51-32-30-45(36-50(51)49-34-40-19-13-14-20-41(40)35-53(49)55)57(44-28-27-38-17-11-12-18-39(38)33-44)46-29-31-48-47-25-15-16-26-52(47)56(54(48)37-46,42-21-7-5-8-22-42)43-23-9-6-10-24-43/h5-37H,3-4H2,1-2H3. The minimum absolute atomic E-state index is 0.0225. The second-order valence-corrected chi connectivity index (χ2v) is 15.9. The van der Waals surface area contributed by atoms with Crippen molar-refractivity contribution in [3.63, 3.8) is 0 Å². The minimum Gasteiger partial charge on any atom is -0.310 e. The average molecular weight is 730 g/mol. The van der Waals surface area contributed by atoms with Gasteiger partial charge in [0, 0.05) is 22.5 Å². The van der Waals surface area contributed by atoms with Crippen LogP contribution in [0.15, 0.2) is 200 Å². The Balaban J connectivity index is 1.18. The van der Waals surface area contributed by atoms with Gasteiger partial charge in [0.15, 0.2) is 0 Å². The molecule has 9 aromatic carbocycles. The van der Waals surface area contributed by atoms with Crippen LogP contribution in [0.2, 0.25) is 0 Å². The van der Waals surface area contributed by atoms with Gasteiger partial charge in [0.2, 0.25) is 0 Å². The monoisotopic (exact) mass is 729 g/mol. The van der Waals surface area contributed by atoms with Crippen molar-refractivity contribution >= 4 is 38.6 Å². The van der Waals surface area contributed by atoms with Crippen LogP contribution in [0.4, 0.5) is 17.1 Å². The molecule has 0 spiro atoms. The average Bonchev–Trinajstić information content (AvgIpc) is 3.73. The van der Waals surface area contributed by atoms with Gasteiger partial charge in [-0.3, -0.25) is 0 Å². The molecule has 272 valence electrons. The van der Waals surface area contributed by atoms with Crippen LogP contribution in [0.1, 0.15) is 60.1 Å². The second kappa shape index (κ2) is 12.9. The molecule has 0 atom stereocenters. The Morgan fingerprint density at radius 2 is 0.842 bits per heavy atom. The van der Waals surface area contributed by atoms with Crippen molar-refractivity contribution in [2.75, 3.05) is 4.90 Å². The molecule has 0 unspecified atom stereocenters. The van der Waals surface area contributed by atoms with Gasteiger partial charge in [0.25, 0.3) is 0 Å². The van der Waals surface area contributed by atoms with E-state index in [2.05, 4.69) is 219 Å². The summed E-state index contributed by atoms with van der Waals surface area (Å²) >= 11 is 0. The Bertz CT molecular complexity index is 2950. The molecule has 0 saturated heterocycles. The van der Waals surface area contributed by atoms with E-state index in [1.54, 1.807) is 0 Å². The van der Waals surface area contributed by atoms with Gasteiger partial charge in [-0.2, -0.15) is 0 Å². The van der Waals surface area contributed by atoms with Crippen molar-refractivity contribution in [1.29, 1.82) is 0 Å². The topological polar surface area (TPSA) is 3.24 Å². The quantitative estimate of drug-likeness (QED) is 0.158. The van der Waals surface area contributed by atoms with E-state index in [1.165, 1.54) is 77.2 Å². The van der Waals surface area contributed by atoms with Crippen molar-refractivity contribution in [1.82, 2.24) is 0 Å². The first-order chi connectivity index (χ1) is 28.1. The van der Waals surface area contributed by atoms with E-state index < -0.39 is 5.41 Å². The van der Waals surface area contributed by atoms with Crippen LogP contribution >= 0.6 is 0 Å². The van der Waals surface area contributed by atoms with Crippen molar-refractivity contribution in [3.05, 3.63) is 234 Å². The first kappa shape index (κ1) is 33.6. The molecular formula is C56H43N. The van der Waals surface area contributed by atoms with Crippen LogP contribution in [-0.4, -0.2) is 0 Å². The maximum absolute atomic E-state index is 2.50. The highest BCUT2D eigenvalue weighted by Crippen LogP contribution is 2.58. The third-order valence-electron chi connectivity index (χ3n) is 13.4. The van der Waals surface area contributed by atoms with Crippen molar-refractivity contribution in [2.45, 2.75) is 37.5 Å². The minimum atomic E-state index is -0.487. The lowest BCUT2D eigenvalue weighted by molar-refractivity contribution is 0.491. The molecule has 0 bridgehead atoms. The number of rotatable bonds is 7. The first-order valence-corrected chi connectivity index (χ1v) is 20.5. The van der Waals surface area contributed by atoms with Gasteiger partial charge in [-0.1, -0.05) is 166 Å². The molecule has 0 radical (unpaired) electrons. The summed E-state index contributed by atoms with van der Waals surface area (Å²) in [6.07, 6.45) is 2.12. The Labute approximate surface area is 335 Å². The lowest BCUT2D eigenvalue weighted by Crippen LogP contribution is -2.28. The highest BCUT2D eigenvalue weighted by atomic mass is 15.1. The maximum Gasteiger partial charge on any atom is 0.0714 e. The van der Waals surface area contributed by atoms with Gasteiger partial charge in [0.05, 0.1) is 5.41 Å². The molecule has 0 fully saturated rings. The van der Waals surface area contributed by atoms with Crippen LogP contribution in [-0.2, 0) is 10.8 Å². The summed E-state index contributed by atoms with van der Waals surface area (Å²) in [6.45, 7) is 4.72. The highest BCUT2D eigenvalue weighted by molar-refractivity contribution is 5.97. The fraction of sp³-hybridized carbons (Fsp3) is 0.107. The summed E-state index contributed by atoms with van der Waals surface area (Å²) < 4.78 is 0. The van der Waals surface area contributed by atoms with Crippen LogP contribution in [0.25, 0.3) is 43.8 Å². The number of nitrogens with zero attached hydrogens (tertiary/aromatic N) is 1. The Morgan fingerprint density at radius 1 is 0.333 bits per heavy atom. The van der Waals surface area contributed by atoms with E-state index in [0.29, 0.717) is 0 Å². The van der Waals surface area contributed by atoms with Gasteiger partial charge >= 0.3 is 0 Å². The van der Waals surface area contributed by atoms with Gasteiger partial charge in [-0.25, -0.2) is 0 Å². The van der Waals surface area contributed by atoms with E-state index in [1.807, 2.05) is 0 Å². The van der Waals surface area contributed by atoms with Gasteiger partial charge in [0.1, 0.15) is 0 Å². The fourth-order valence-corrected chi connectivity index (χ4v) is 10.7. The zero-order valence-corrected chi connectivity index (χ0v) is 32.4. The zero-order valence-electron chi connectivity index (χ0n) is 32.4. The number of hydrogen-bond donors (Lipinski definition) is 0. The van der Waals surface area contributed by atoms with E-state index in [4.69, 9.17) is 0 Å². The van der Waals surface area contributed by atoms with Crippen LogP contribution < -0.4 is 4.90 Å². The predicted octanol–water partition coefficient (Wildman–Crippen LogP) is 14.9. The number of anilines is 3. The zero-order chi connectivity index (χ0) is 38.1. The third kappa shape index (κ3) is 4.82. The Hall–Kier alpha value is -6.70. The molecule has 9 aromatic rings. The lowest BCUT2D eigenvalue weighted by Gasteiger charge is -2.35. The molecule has 1 heteroatoms. The molecule has 1 nitrogen and oxygen atoms in total. The summed E-state index contributed by atoms with van der Waals surface area (Å²) in [6, 6.07) is 75.1. The smallest absolute Gasteiger partial charge is 0.0714 e. The highest BCUT2D eigenvalue weighted by Gasteiger charge is 2.46. The van der Waals surface area contributed by atoms with Gasteiger partial charge in [-0.05, 0) is 139 Å². The van der Waals surface area contributed by atoms with Crippen molar-refractivity contribution in [2.24, 2.45) is 0 Å². The molecule has 11 rings (SSSR count). The third-order valence-corrected chi connectivity index (χ3v) is 13.4. The van der Waals surface area contributed by atoms with Gasteiger partial charge < -0.3 is 4.90 Å². The summed E-state index contributed by atoms with van der Waals surface area (Å²) in [7, 11) is 0. The van der Waals surface area contributed by atoms with E-state index >= 15 is 0 Å². The maximum atomic E-state index is 2.50. The largest absolute Gasteiger partial charge is 0.310 e. The molecule has 0 aliphatic heterocycles. The molecule has 0 saturated carbocycles. The lowest BCUT2D eigenvalue weighted by atomic mass is 9.67. The SMILES string of the molecule is CCC1(CC)c2ccc(N(c3ccc4c(c3)C(c3ccccc3)(c3ccccc3)c3ccccc3-4)c3ccc4ccccc4c3)cc2-c2cc3ccccc3cc21. The molecule has 0 N–H and O–H groups in total. The molecule has 0 amide bonds. The summed E-state index contributed by atoms with van der Waals surface area (Å²) in [4.78, 5) is 2.50. The molecule has 0 heterocycles. The van der Waals surface area contributed by atoms with Crippen molar-refractivity contribution in [3.8, 4) is 22.3 Å². The summed E-state index contributed by atoms with van der Waals surface area (Å²) in [5.74, 6) is 0. The van der Waals surface area contributed by atoms with Gasteiger partial charge in [-0.15, -0.1) is 0 Å². The molecule has 57 heavy (non-hydrogen) atoms. The van der Waals surface area contributed by atoms with Crippen molar-refractivity contribution < 1.29 is 0 Å². The molecule has 2 aliphatic carbocycles. The van der Waals surface area contributed by atoms with Crippen LogP contribution in [0.5, 0.6) is 0 Å². The number of hydrogen-bond acceptors (Lipinski definition) is 1. The fourth-order valence-electron chi connectivity index (χ4n) is 10.7. The Kier molecular flexibility index (Phi) is 7.63. The second-order valence-electron chi connectivity index (χ2n) is 15.9. The summed E-state index contributed by atoms with van der Waals surface area (Å²) in [5.41, 5.74) is 16.3. The number of fused-ring (bicyclic) bond motifs is 8.